The Kier molecular flexibility index (Phi) is 5.52. The number of rotatable bonds is 5. The molecule has 1 N–H and O–H groups in total. The lowest BCUT2D eigenvalue weighted by molar-refractivity contribution is -0.138. The van der Waals surface area contributed by atoms with E-state index in [4.69, 9.17) is 4.74 Å². The molecule has 2 rings (SSSR count). The number of para-hydroxylation sites is 1. The number of nitrogens with one attached hydrogen (secondary N) is 1. The van der Waals surface area contributed by atoms with Crippen LogP contribution in [-0.4, -0.2) is 48.2 Å². The number of ketones is 1. The monoisotopic (exact) mass is 304 g/mol. The molecule has 0 bridgehead atoms. The molecular weight excluding hydrogens is 284 g/mol. The first-order valence-electron chi connectivity index (χ1n) is 7.34. The van der Waals surface area contributed by atoms with Crippen LogP contribution in [0.25, 0.3) is 0 Å². The Bertz CT molecular complexity index is 534. The van der Waals surface area contributed by atoms with Gasteiger partial charge in [0.15, 0.2) is 6.61 Å². The fraction of sp³-hybridized carbons (Fsp3) is 0.438. The van der Waals surface area contributed by atoms with Crippen LogP contribution in [0.2, 0.25) is 0 Å². The number of nitrogens with zero attached hydrogens (tertiary/aromatic N) is 1. The first-order chi connectivity index (χ1) is 10.6. The first kappa shape index (κ1) is 16.0. The van der Waals surface area contributed by atoms with Crippen molar-refractivity contribution >= 4 is 17.6 Å². The molecule has 1 heterocycles. The van der Waals surface area contributed by atoms with Crippen molar-refractivity contribution in [2.75, 3.05) is 19.7 Å². The molecule has 1 aromatic carbocycles. The van der Waals surface area contributed by atoms with Crippen LogP contribution >= 0.6 is 0 Å². The molecule has 1 aliphatic rings. The van der Waals surface area contributed by atoms with Crippen molar-refractivity contribution in [1.29, 1.82) is 0 Å². The summed E-state index contributed by atoms with van der Waals surface area (Å²) in [6.07, 6.45) is 0.785. The third-order valence-electron chi connectivity index (χ3n) is 3.49. The van der Waals surface area contributed by atoms with Gasteiger partial charge in [-0.15, -0.1) is 0 Å². The number of amides is 2. The van der Waals surface area contributed by atoms with Gasteiger partial charge in [0, 0.05) is 25.9 Å². The van der Waals surface area contributed by atoms with Gasteiger partial charge in [-0.25, -0.2) is 0 Å². The third kappa shape index (κ3) is 4.58. The predicted molar refractivity (Wildman–Crippen MR) is 80.4 cm³/mol. The van der Waals surface area contributed by atoms with Gasteiger partial charge in [0.2, 0.25) is 5.91 Å². The van der Waals surface area contributed by atoms with E-state index in [1.807, 2.05) is 18.2 Å². The molecule has 6 nitrogen and oxygen atoms in total. The number of benzene rings is 1. The van der Waals surface area contributed by atoms with Crippen LogP contribution in [0.15, 0.2) is 30.3 Å². The van der Waals surface area contributed by atoms with Gasteiger partial charge in [-0.1, -0.05) is 18.2 Å². The molecule has 2 amide bonds. The summed E-state index contributed by atoms with van der Waals surface area (Å²) in [6, 6.07) is 8.38. The van der Waals surface area contributed by atoms with E-state index in [1.165, 1.54) is 0 Å². The summed E-state index contributed by atoms with van der Waals surface area (Å²) in [5.74, 6) is 0.265. The van der Waals surface area contributed by atoms with Crippen LogP contribution in [0.3, 0.4) is 0 Å². The van der Waals surface area contributed by atoms with Crippen LogP contribution in [0.5, 0.6) is 5.75 Å². The third-order valence-corrected chi connectivity index (χ3v) is 3.49. The number of hydrogen-bond acceptors (Lipinski definition) is 4. The minimum atomic E-state index is -0.625. The van der Waals surface area contributed by atoms with Gasteiger partial charge in [-0.3, -0.25) is 14.4 Å². The van der Waals surface area contributed by atoms with E-state index in [-0.39, 0.29) is 24.2 Å². The Morgan fingerprint density at radius 3 is 2.50 bits per heavy atom. The molecule has 1 fully saturated rings. The molecule has 0 aromatic heterocycles. The SMILES string of the molecule is C[C@@H](NC(=O)COc1ccccc1)C(=O)N1CCC(=O)CC1. The summed E-state index contributed by atoms with van der Waals surface area (Å²) < 4.78 is 5.33. The van der Waals surface area contributed by atoms with E-state index in [0.29, 0.717) is 31.7 Å². The zero-order chi connectivity index (χ0) is 15.9. The molecule has 0 saturated carbocycles. The maximum atomic E-state index is 12.2. The van der Waals surface area contributed by atoms with Crippen LogP contribution in [0, 0.1) is 0 Å². The van der Waals surface area contributed by atoms with E-state index in [0.717, 1.165) is 0 Å². The Balaban J connectivity index is 1.75. The highest BCUT2D eigenvalue weighted by atomic mass is 16.5. The van der Waals surface area contributed by atoms with Crippen LogP contribution in [0.4, 0.5) is 0 Å². The second-order valence-corrected chi connectivity index (χ2v) is 5.25. The summed E-state index contributed by atoms with van der Waals surface area (Å²) in [7, 11) is 0. The van der Waals surface area contributed by atoms with E-state index in [9.17, 15) is 14.4 Å². The summed E-state index contributed by atoms with van der Waals surface area (Å²) in [5, 5.41) is 2.62. The highest BCUT2D eigenvalue weighted by Crippen LogP contribution is 2.09. The summed E-state index contributed by atoms with van der Waals surface area (Å²) >= 11 is 0. The standard InChI is InChI=1S/C16H20N2O4/c1-12(16(21)18-9-7-13(19)8-10-18)17-15(20)11-22-14-5-3-2-4-6-14/h2-6,12H,7-11H2,1H3,(H,17,20)/t12-/m1/s1. The normalized spacial score (nSPS) is 16.0. The molecule has 22 heavy (non-hydrogen) atoms. The van der Waals surface area contributed by atoms with E-state index < -0.39 is 6.04 Å². The van der Waals surface area contributed by atoms with Gasteiger partial charge in [-0.2, -0.15) is 0 Å². The Morgan fingerprint density at radius 2 is 1.86 bits per heavy atom. The lowest BCUT2D eigenvalue weighted by Crippen LogP contribution is -2.50. The second-order valence-electron chi connectivity index (χ2n) is 5.25. The number of piperidine rings is 1. The van der Waals surface area contributed by atoms with Gasteiger partial charge in [0.25, 0.3) is 5.91 Å². The fourth-order valence-electron chi connectivity index (χ4n) is 2.26. The molecule has 1 saturated heterocycles. The maximum Gasteiger partial charge on any atom is 0.258 e. The summed E-state index contributed by atoms with van der Waals surface area (Å²) in [5.41, 5.74) is 0. The first-order valence-corrected chi connectivity index (χ1v) is 7.34. The zero-order valence-electron chi connectivity index (χ0n) is 12.6. The van der Waals surface area contributed by atoms with Crippen LogP contribution in [-0.2, 0) is 14.4 Å². The highest BCUT2D eigenvalue weighted by molar-refractivity contribution is 5.89. The quantitative estimate of drug-likeness (QED) is 0.871. The second kappa shape index (κ2) is 7.59. The van der Waals surface area contributed by atoms with Crippen molar-refractivity contribution in [1.82, 2.24) is 10.2 Å². The molecule has 1 aliphatic heterocycles. The molecule has 1 aromatic rings. The van der Waals surface area contributed by atoms with Gasteiger partial charge in [0.1, 0.15) is 17.6 Å². The summed E-state index contributed by atoms with van der Waals surface area (Å²) in [4.78, 5) is 36.8. The van der Waals surface area contributed by atoms with E-state index in [1.54, 1.807) is 24.0 Å². The van der Waals surface area contributed by atoms with Crippen molar-refractivity contribution in [2.24, 2.45) is 0 Å². The number of ether oxygens (including phenoxy) is 1. The number of carbonyl (C=O) groups excluding carboxylic acids is 3. The molecule has 0 spiro atoms. The maximum absolute atomic E-state index is 12.2. The largest absolute Gasteiger partial charge is 0.484 e. The number of hydrogen-bond donors (Lipinski definition) is 1. The van der Waals surface area contributed by atoms with Crippen molar-refractivity contribution in [3.8, 4) is 5.75 Å². The Hall–Kier alpha value is -2.37. The minimum Gasteiger partial charge on any atom is -0.484 e. The lowest BCUT2D eigenvalue weighted by atomic mass is 10.1. The fourth-order valence-corrected chi connectivity index (χ4v) is 2.26. The van der Waals surface area contributed by atoms with Crippen LogP contribution < -0.4 is 10.1 Å². The lowest BCUT2D eigenvalue weighted by Gasteiger charge is -2.28. The molecule has 1 atom stereocenters. The van der Waals surface area contributed by atoms with Crippen molar-refractivity contribution in [2.45, 2.75) is 25.8 Å². The van der Waals surface area contributed by atoms with Gasteiger partial charge in [-0.05, 0) is 19.1 Å². The minimum absolute atomic E-state index is 0.139. The van der Waals surface area contributed by atoms with Crippen molar-refractivity contribution < 1.29 is 19.1 Å². The number of Topliss-reactive ketones (excluding diaryl/α,β-unsaturated/α-hetero) is 1. The van der Waals surface area contributed by atoms with Crippen molar-refractivity contribution in [3.05, 3.63) is 30.3 Å². The number of likely N-dealkylation sites (tertiary alicyclic amines) is 1. The Morgan fingerprint density at radius 1 is 1.23 bits per heavy atom. The summed E-state index contributed by atoms with van der Waals surface area (Å²) in [6.45, 7) is 2.36. The van der Waals surface area contributed by atoms with E-state index in [2.05, 4.69) is 5.32 Å². The molecular formula is C16H20N2O4. The van der Waals surface area contributed by atoms with Gasteiger partial charge < -0.3 is 15.0 Å². The molecule has 118 valence electrons. The highest BCUT2D eigenvalue weighted by Gasteiger charge is 2.25. The Labute approximate surface area is 129 Å². The van der Waals surface area contributed by atoms with Crippen LogP contribution in [0.1, 0.15) is 19.8 Å². The topological polar surface area (TPSA) is 75.7 Å². The van der Waals surface area contributed by atoms with E-state index >= 15 is 0 Å². The zero-order valence-corrected chi connectivity index (χ0v) is 12.6. The van der Waals surface area contributed by atoms with Gasteiger partial charge in [0.05, 0.1) is 0 Å². The van der Waals surface area contributed by atoms with Crippen molar-refractivity contribution in [3.63, 3.8) is 0 Å². The predicted octanol–water partition coefficient (Wildman–Crippen LogP) is 0.762. The number of carbonyl (C=O) groups is 3. The smallest absolute Gasteiger partial charge is 0.258 e. The average Bonchev–Trinajstić information content (AvgIpc) is 2.54. The molecule has 6 heteroatoms. The average molecular weight is 304 g/mol. The molecule has 0 aliphatic carbocycles. The molecule has 0 unspecified atom stereocenters. The van der Waals surface area contributed by atoms with Gasteiger partial charge >= 0.3 is 0 Å². The molecule has 0 radical (unpaired) electrons.